The van der Waals surface area contributed by atoms with Gasteiger partial charge >= 0.3 is 0 Å². The Morgan fingerprint density at radius 2 is 1.56 bits per heavy atom. The van der Waals surface area contributed by atoms with Crippen molar-refractivity contribution in [2.75, 3.05) is 39.3 Å². The van der Waals surface area contributed by atoms with Crippen LogP contribution in [0.2, 0.25) is 0 Å². The number of rotatable bonds is 7. The molecular formula is C13H29N3. The number of nitrogens with two attached hydrogens (primary N) is 1. The number of piperazine rings is 1. The smallest absolute Gasteiger partial charge is 0.0113 e. The van der Waals surface area contributed by atoms with Gasteiger partial charge in [-0.25, -0.2) is 0 Å². The lowest BCUT2D eigenvalue weighted by Gasteiger charge is -2.36. The topological polar surface area (TPSA) is 32.5 Å². The average Bonchev–Trinajstić information content (AvgIpc) is 2.29. The van der Waals surface area contributed by atoms with E-state index >= 15 is 0 Å². The van der Waals surface area contributed by atoms with Gasteiger partial charge in [-0.3, -0.25) is 4.90 Å². The molecule has 1 rings (SSSR count). The summed E-state index contributed by atoms with van der Waals surface area (Å²) in [5, 5.41) is 0. The maximum absolute atomic E-state index is 5.48. The highest BCUT2D eigenvalue weighted by molar-refractivity contribution is 4.73. The molecule has 16 heavy (non-hydrogen) atoms. The van der Waals surface area contributed by atoms with Crippen LogP contribution in [0, 0.1) is 0 Å². The molecule has 0 radical (unpaired) electrons. The third-order valence-corrected chi connectivity index (χ3v) is 3.57. The van der Waals surface area contributed by atoms with E-state index in [1.165, 1.54) is 58.4 Å². The largest absolute Gasteiger partial charge is 0.330 e. The van der Waals surface area contributed by atoms with E-state index < -0.39 is 0 Å². The summed E-state index contributed by atoms with van der Waals surface area (Å²) in [6.07, 6.45) is 5.20. The Hall–Kier alpha value is -0.120. The van der Waals surface area contributed by atoms with Crippen molar-refractivity contribution in [3.8, 4) is 0 Å². The van der Waals surface area contributed by atoms with E-state index in [1.54, 1.807) is 0 Å². The first-order valence-electron chi connectivity index (χ1n) is 6.90. The minimum absolute atomic E-state index is 0.715. The second kappa shape index (κ2) is 8.04. The molecule has 1 saturated heterocycles. The molecule has 0 unspecified atom stereocenters. The van der Waals surface area contributed by atoms with Crippen molar-refractivity contribution in [1.29, 1.82) is 0 Å². The molecule has 0 spiro atoms. The molecule has 0 aromatic heterocycles. The summed E-state index contributed by atoms with van der Waals surface area (Å²) in [4.78, 5) is 5.19. The predicted molar refractivity (Wildman–Crippen MR) is 70.7 cm³/mol. The fourth-order valence-corrected chi connectivity index (χ4v) is 2.34. The molecule has 0 saturated carbocycles. The Kier molecular flexibility index (Phi) is 7.01. The van der Waals surface area contributed by atoms with E-state index in [4.69, 9.17) is 5.73 Å². The van der Waals surface area contributed by atoms with Crippen LogP contribution in [0.5, 0.6) is 0 Å². The second-order valence-corrected chi connectivity index (χ2v) is 5.17. The van der Waals surface area contributed by atoms with Gasteiger partial charge in [0.1, 0.15) is 0 Å². The van der Waals surface area contributed by atoms with Gasteiger partial charge in [0.2, 0.25) is 0 Å². The van der Waals surface area contributed by atoms with Crippen LogP contribution < -0.4 is 5.73 Å². The maximum Gasteiger partial charge on any atom is 0.0113 e. The van der Waals surface area contributed by atoms with E-state index in [-0.39, 0.29) is 0 Å². The first-order chi connectivity index (χ1) is 7.74. The summed E-state index contributed by atoms with van der Waals surface area (Å²) >= 11 is 0. The van der Waals surface area contributed by atoms with Crippen molar-refractivity contribution in [3.63, 3.8) is 0 Å². The monoisotopic (exact) mass is 227 g/mol. The molecule has 96 valence electrons. The van der Waals surface area contributed by atoms with Gasteiger partial charge in [-0.2, -0.15) is 0 Å². The first kappa shape index (κ1) is 13.9. The zero-order valence-corrected chi connectivity index (χ0v) is 11.1. The van der Waals surface area contributed by atoms with Crippen molar-refractivity contribution in [1.82, 2.24) is 9.80 Å². The third-order valence-electron chi connectivity index (χ3n) is 3.57. The highest BCUT2D eigenvalue weighted by Crippen LogP contribution is 2.07. The van der Waals surface area contributed by atoms with Gasteiger partial charge in [0.25, 0.3) is 0 Å². The summed E-state index contributed by atoms with van der Waals surface area (Å²) in [7, 11) is 0. The quantitative estimate of drug-likeness (QED) is 0.670. The standard InChI is InChI=1S/C13H29N3/c1-13(2)16-11-9-15(10-12-16)8-6-4-3-5-7-14/h13H,3-12,14H2,1-2H3. The molecule has 3 heteroatoms. The summed E-state index contributed by atoms with van der Waals surface area (Å²) in [6.45, 7) is 11.7. The van der Waals surface area contributed by atoms with Crippen LogP contribution in [0.1, 0.15) is 39.5 Å². The van der Waals surface area contributed by atoms with Crippen LogP contribution in [0.3, 0.4) is 0 Å². The van der Waals surface area contributed by atoms with E-state index in [2.05, 4.69) is 23.6 Å². The zero-order valence-electron chi connectivity index (χ0n) is 11.1. The molecule has 1 heterocycles. The number of hydrogen-bond donors (Lipinski definition) is 1. The molecular weight excluding hydrogens is 198 g/mol. The Labute approximate surface area is 101 Å². The lowest BCUT2D eigenvalue weighted by molar-refractivity contribution is 0.107. The molecule has 3 nitrogen and oxygen atoms in total. The van der Waals surface area contributed by atoms with E-state index in [0.717, 1.165) is 6.54 Å². The van der Waals surface area contributed by atoms with Gasteiger partial charge in [-0.1, -0.05) is 12.8 Å². The molecule has 2 N–H and O–H groups in total. The van der Waals surface area contributed by atoms with Crippen molar-refractivity contribution in [2.45, 2.75) is 45.6 Å². The van der Waals surface area contributed by atoms with E-state index in [9.17, 15) is 0 Å². The van der Waals surface area contributed by atoms with Crippen LogP contribution in [0.15, 0.2) is 0 Å². The van der Waals surface area contributed by atoms with Gasteiger partial charge in [0.05, 0.1) is 0 Å². The molecule has 1 aliphatic rings. The van der Waals surface area contributed by atoms with Gasteiger partial charge in [-0.05, 0) is 39.8 Å². The summed E-state index contributed by atoms with van der Waals surface area (Å²) < 4.78 is 0. The highest BCUT2D eigenvalue weighted by atomic mass is 15.3. The van der Waals surface area contributed by atoms with Crippen molar-refractivity contribution in [3.05, 3.63) is 0 Å². The van der Waals surface area contributed by atoms with Gasteiger partial charge < -0.3 is 10.6 Å². The lowest BCUT2D eigenvalue weighted by atomic mass is 10.1. The van der Waals surface area contributed by atoms with Gasteiger partial charge in [-0.15, -0.1) is 0 Å². The molecule has 1 fully saturated rings. The van der Waals surface area contributed by atoms with Crippen LogP contribution in [0.25, 0.3) is 0 Å². The van der Waals surface area contributed by atoms with Crippen LogP contribution >= 0.6 is 0 Å². The third kappa shape index (κ3) is 5.28. The molecule has 0 aromatic carbocycles. The second-order valence-electron chi connectivity index (χ2n) is 5.17. The Bertz CT molecular complexity index is 163. The molecule has 1 aliphatic heterocycles. The normalized spacial score (nSPS) is 19.5. The van der Waals surface area contributed by atoms with Crippen LogP contribution in [0.4, 0.5) is 0 Å². The molecule has 0 aromatic rings. The predicted octanol–water partition coefficient (Wildman–Crippen LogP) is 1.53. The molecule has 0 aliphatic carbocycles. The van der Waals surface area contributed by atoms with Crippen LogP contribution in [-0.2, 0) is 0 Å². The molecule has 0 bridgehead atoms. The zero-order chi connectivity index (χ0) is 11.8. The molecule has 0 atom stereocenters. The SMILES string of the molecule is CC(C)N1CCN(CCCCCCN)CC1. The fraction of sp³-hybridized carbons (Fsp3) is 1.00. The van der Waals surface area contributed by atoms with Crippen molar-refractivity contribution in [2.24, 2.45) is 5.73 Å². The minimum atomic E-state index is 0.715. The van der Waals surface area contributed by atoms with Gasteiger partial charge in [0, 0.05) is 32.2 Å². The fourth-order valence-electron chi connectivity index (χ4n) is 2.34. The summed E-state index contributed by atoms with van der Waals surface area (Å²) in [5.41, 5.74) is 5.48. The number of hydrogen-bond acceptors (Lipinski definition) is 3. The lowest BCUT2D eigenvalue weighted by Crippen LogP contribution is -2.48. The highest BCUT2D eigenvalue weighted by Gasteiger charge is 2.17. The van der Waals surface area contributed by atoms with E-state index in [0.29, 0.717) is 6.04 Å². The van der Waals surface area contributed by atoms with Gasteiger partial charge in [0.15, 0.2) is 0 Å². The summed E-state index contributed by atoms with van der Waals surface area (Å²) in [6, 6.07) is 0.715. The van der Waals surface area contributed by atoms with Crippen LogP contribution in [-0.4, -0.2) is 55.1 Å². The average molecular weight is 227 g/mol. The minimum Gasteiger partial charge on any atom is -0.330 e. The first-order valence-corrected chi connectivity index (χ1v) is 6.90. The Balaban J connectivity index is 1.99. The van der Waals surface area contributed by atoms with Crippen molar-refractivity contribution < 1.29 is 0 Å². The Morgan fingerprint density at radius 3 is 2.12 bits per heavy atom. The molecule has 0 amide bonds. The summed E-state index contributed by atoms with van der Waals surface area (Å²) in [5.74, 6) is 0. The number of nitrogens with zero attached hydrogens (tertiary/aromatic N) is 2. The van der Waals surface area contributed by atoms with E-state index in [1.807, 2.05) is 0 Å². The Morgan fingerprint density at radius 1 is 0.938 bits per heavy atom. The maximum atomic E-state index is 5.48. The van der Waals surface area contributed by atoms with Crippen molar-refractivity contribution >= 4 is 0 Å². The number of unbranched alkanes of at least 4 members (excludes halogenated alkanes) is 3.